The van der Waals surface area contributed by atoms with Crippen molar-refractivity contribution in [3.8, 4) is 0 Å². The van der Waals surface area contributed by atoms with E-state index in [0.29, 0.717) is 6.54 Å². The molecule has 0 bridgehead atoms. The van der Waals surface area contributed by atoms with Crippen molar-refractivity contribution in [2.45, 2.75) is 31.1 Å². The number of nitrogens with two attached hydrogens (primary N) is 1. The highest BCUT2D eigenvalue weighted by molar-refractivity contribution is 5.78. The van der Waals surface area contributed by atoms with Gasteiger partial charge >= 0.3 is 0 Å². The Morgan fingerprint density at radius 2 is 2.19 bits per heavy atom. The Bertz CT molecular complexity index is 497. The minimum absolute atomic E-state index is 0.133. The first kappa shape index (κ1) is 9.85. The van der Waals surface area contributed by atoms with Crippen molar-refractivity contribution in [2.75, 3.05) is 6.54 Å². The molecule has 0 spiro atoms. The molecule has 1 aliphatic rings. The highest BCUT2D eigenvalue weighted by Gasteiger charge is 2.36. The normalized spacial score (nSPS) is 19.3. The molecule has 2 aromatic rings. The fourth-order valence-corrected chi connectivity index (χ4v) is 2.91. The summed E-state index contributed by atoms with van der Waals surface area (Å²) in [7, 11) is 0. The van der Waals surface area contributed by atoms with Crippen LogP contribution >= 0.6 is 0 Å². The van der Waals surface area contributed by atoms with Crippen molar-refractivity contribution in [3.63, 3.8) is 0 Å². The van der Waals surface area contributed by atoms with Crippen LogP contribution in [0.5, 0.6) is 0 Å². The molecule has 0 aliphatic heterocycles. The second kappa shape index (κ2) is 3.59. The van der Waals surface area contributed by atoms with E-state index in [1.54, 1.807) is 6.20 Å². The maximum atomic E-state index is 5.99. The van der Waals surface area contributed by atoms with Gasteiger partial charge in [-0.2, -0.15) is 0 Å². The number of pyridine rings is 1. The summed E-state index contributed by atoms with van der Waals surface area (Å²) in [6.07, 6.45) is 8.50. The van der Waals surface area contributed by atoms with Gasteiger partial charge in [0.15, 0.2) is 0 Å². The van der Waals surface area contributed by atoms with Gasteiger partial charge in [-0.05, 0) is 25.0 Å². The molecule has 0 unspecified atom stereocenters. The zero-order chi connectivity index (χ0) is 11.0. The molecule has 0 atom stereocenters. The van der Waals surface area contributed by atoms with Gasteiger partial charge in [-0.25, -0.2) is 4.98 Å². The topological polar surface area (TPSA) is 52.0 Å². The molecular weight excluding hydrogens is 200 g/mol. The molecule has 1 saturated carbocycles. The van der Waals surface area contributed by atoms with Gasteiger partial charge in [-0.15, -0.1) is 0 Å². The Balaban J connectivity index is 2.17. The third-order valence-electron chi connectivity index (χ3n) is 3.87. The zero-order valence-electron chi connectivity index (χ0n) is 9.28. The lowest BCUT2D eigenvalue weighted by Gasteiger charge is -2.26. The molecule has 0 radical (unpaired) electrons. The van der Waals surface area contributed by atoms with Crippen molar-refractivity contribution in [1.82, 2.24) is 4.98 Å². The summed E-state index contributed by atoms with van der Waals surface area (Å²) in [4.78, 5) is 4.23. The van der Waals surface area contributed by atoms with E-state index in [1.165, 1.54) is 31.2 Å². The molecule has 2 heterocycles. The third kappa shape index (κ3) is 1.28. The average Bonchev–Trinajstić information content (AvgIpc) is 2.96. The highest BCUT2D eigenvalue weighted by Crippen LogP contribution is 2.43. The first-order chi connectivity index (χ1) is 7.86. The van der Waals surface area contributed by atoms with Crippen LogP contribution in [0.3, 0.4) is 0 Å². The minimum atomic E-state index is 0.133. The van der Waals surface area contributed by atoms with Crippen LogP contribution in [0.1, 0.15) is 31.2 Å². The van der Waals surface area contributed by atoms with Crippen molar-refractivity contribution in [3.05, 3.63) is 30.2 Å². The van der Waals surface area contributed by atoms with E-state index < -0.39 is 0 Å². The van der Waals surface area contributed by atoms with Gasteiger partial charge in [0, 0.05) is 29.1 Å². The van der Waals surface area contributed by atoms with Crippen LogP contribution in [-0.4, -0.2) is 11.5 Å². The maximum absolute atomic E-state index is 5.99. The van der Waals surface area contributed by atoms with Crippen molar-refractivity contribution in [2.24, 2.45) is 5.73 Å². The Labute approximate surface area is 94.7 Å². The van der Waals surface area contributed by atoms with Crippen LogP contribution in [0.2, 0.25) is 0 Å². The first-order valence-electron chi connectivity index (χ1n) is 5.88. The molecule has 1 aliphatic carbocycles. The van der Waals surface area contributed by atoms with Gasteiger partial charge in [0.1, 0.15) is 0 Å². The molecule has 16 heavy (non-hydrogen) atoms. The average molecular weight is 216 g/mol. The summed E-state index contributed by atoms with van der Waals surface area (Å²) in [6.45, 7) is 0.705. The fourth-order valence-electron chi connectivity index (χ4n) is 2.91. The van der Waals surface area contributed by atoms with Gasteiger partial charge in [-0.1, -0.05) is 12.8 Å². The number of aromatic nitrogens is 1. The molecule has 3 nitrogen and oxygen atoms in total. The van der Waals surface area contributed by atoms with E-state index in [2.05, 4.69) is 11.1 Å². The predicted octanol–water partition coefficient (Wildman–Crippen LogP) is 2.60. The van der Waals surface area contributed by atoms with Crippen LogP contribution in [-0.2, 0) is 5.41 Å². The Hall–Kier alpha value is -1.35. The second-order valence-corrected chi connectivity index (χ2v) is 4.70. The highest BCUT2D eigenvalue weighted by atomic mass is 16.3. The summed E-state index contributed by atoms with van der Waals surface area (Å²) in [5, 5.41) is 1.13. The molecular formula is C13H16N2O. The molecule has 3 heteroatoms. The molecule has 0 amide bonds. The van der Waals surface area contributed by atoms with E-state index in [4.69, 9.17) is 10.2 Å². The quantitative estimate of drug-likeness (QED) is 0.839. The van der Waals surface area contributed by atoms with Gasteiger partial charge in [0.2, 0.25) is 5.71 Å². The Morgan fingerprint density at radius 3 is 2.94 bits per heavy atom. The number of rotatable bonds is 2. The summed E-state index contributed by atoms with van der Waals surface area (Å²) in [5.74, 6) is 0. The Morgan fingerprint density at radius 1 is 1.38 bits per heavy atom. The molecule has 1 fully saturated rings. The van der Waals surface area contributed by atoms with E-state index >= 15 is 0 Å². The van der Waals surface area contributed by atoms with Crippen molar-refractivity contribution >= 4 is 11.1 Å². The van der Waals surface area contributed by atoms with E-state index in [1.807, 2.05) is 12.3 Å². The van der Waals surface area contributed by atoms with Crippen LogP contribution in [0.25, 0.3) is 11.1 Å². The maximum Gasteiger partial charge on any atom is 0.226 e. The molecule has 3 rings (SSSR count). The summed E-state index contributed by atoms with van der Waals surface area (Å²) in [6, 6.07) is 4.04. The monoisotopic (exact) mass is 216 g/mol. The van der Waals surface area contributed by atoms with Crippen LogP contribution in [0.4, 0.5) is 0 Å². The molecule has 0 aromatic carbocycles. The third-order valence-corrected chi connectivity index (χ3v) is 3.87. The smallest absolute Gasteiger partial charge is 0.226 e. The molecule has 0 saturated heterocycles. The summed E-state index contributed by atoms with van der Waals surface area (Å²) >= 11 is 0. The first-order valence-corrected chi connectivity index (χ1v) is 5.88. The molecule has 2 aromatic heterocycles. The standard InChI is InChI=1S/C13H16N2O/c14-9-13(5-1-2-6-13)11-8-16-12-10(11)4-3-7-15-12/h3-4,7-8H,1-2,5-6,9,14H2. The van der Waals surface area contributed by atoms with Crippen LogP contribution in [0.15, 0.2) is 29.0 Å². The summed E-state index contributed by atoms with van der Waals surface area (Å²) < 4.78 is 5.52. The van der Waals surface area contributed by atoms with E-state index in [0.717, 1.165) is 11.1 Å². The van der Waals surface area contributed by atoms with Gasteiger partial charge in [-0.3, -0.25) is 0 Å². The second-order valence-electron chi connectivity index (χ2n) is 4.70. The van der Waals surface area contributed by atoms with Gasteiger partial charge in [0.05, 0.1) is 6.26 Å². The molecule has 2 N–H and O–H groups in total. The predicted molar refractivity (Wildman–Crippen MR) is 63.2 cm³/mol. The van der Waals surface area contributed by atoms with Crippen molar-refractivity contribution in [1.29, 1.82) is 0 Å². The largest absolute Gasteiger partial charge is 0.446 e. The number of hydrogen-bond donors (Lipinski definition) is 1. The number of fused-ring (bicyclic) bond motifs is 1. The number of nitrogens with zero attached hydrogens (tertiary/aromatic N) is 1. The Kier molecular flexibility index (Phi) is 2.21. The lowest BCUT2D eigenvalue weighted by Crippen LogP contribution is -2.31. The number of furan rings is 1. The van der Waals surface area contributed by atoms with E-state index in [9.17, 15) is 0 Å². The van der Waals surface area contributed by atoms with Gasteiger partial charge in [0.25, 0.3) is 0 Å². The van der Waals surface area contributed by atoms with Gasteiger partial charge < -0.3 is 10.2 Å². The van der Waals surface area contributed by atoms with Crippen LogP contribution < -0.4 is 5.73 Å². The molecule has 84 valence electrons. The lowest BCUT2D eigenvalue weighted by molar-refractivity contribution is 0.447. The minimum Gasteiger partial charge on any atom is -0.446 e. The van der Waals surface area contributed by atoms with Crippen molar-refractivity contribution < 1.29 is 4.42 Å². The lowest BCUT2D eigenvalue weighted by atomic mass is 9.79. The summed E-state index contributed by atoms with van der Waals surface area (Å²) in [5.41, 5.74) is 8.12. The van der Waals surface area contributed by atoms with Crippen LogP contribution in [0, 0.1) is 0 Å². The zero-order valence-corrected chi connectivity index (χ0v) is 9.28. The SMILES string of the molecule is NCC1(c2coc3ncccc23)CCCC1. The van der Waals surface area contributed by atoms with E-state index in [-0.39, 0.29) is 5.41 Å². The number of hydrogen-bond acceptors (Lipinski definition) is 3. The fraction of sp³-hybridized carbons (Fsp3) is 0.462.